The highest BCUT2D eigenvalue weighted by Gasteiger charge is 2.32. The molecule has 2 aliphatic rings. The van der Waals surface area contributed by atoms with Crippen LogP contribution in [0, 0.1) is 5.82 Å². The number of ether oxygens (including phenoxy) is 2. The molecule has 0 aliphatic carbocycles. The predicted octanol–water partition coefficient (Wildman–Crippen LogP) is 7.86. The average molecular weight is 754 g/mol. The summed E-state index contributed by atoms with van der Waals surface area (Å²) < 4.78 is 101. The van der Waals surface area contributed by atoms with Gasteiger partial charge >= 0.3 is 6.36 Å². The highest BCUT2D eigenvalue weighted by Crippen LogP contribution is 2.34. The van der Waals surface area contributed by atoms with Crippen LogP contribution in [0.25, 0.3) is 0 Å². The minimum Gasteiger partial charge on any atom is -0.486 e. The van der Waals surface area contributed by atoms with Crippen LogP contribution in [0.1, 0.15) is 51.6 Å². The number of amides is 1. The van der Waals surface area contributed by atoms with Gasteiger partial charge in [0.05, 0.1) is 12.2 Å². The van der Waals surface area contributed by atoms with Gasteiger partial charge in [0.15, 0.2) is 5.76 Å². The third kappa shape index (κ3) is 8.20. The zero-order chi connectivity index (χ0) is 37.3. The van der Waals surface area contributed by atoms with Crippen LogP contribution in [0.4, 0.5) is 28.9 Å². The van der Waals surface area contributed by atoms with E-state index in [2.05, 4.69) is 4.74 Å². The first kappa shape index (κ1) is 36.1. The molecule has 278 valence electrons. The van der Waals surface area contributed by atoms with Crippen LogP contribution in [0.5, 0.6) is 11.5 Å². The van der Waals surface area contributed by atoms with Crippen molar-refractivity contribution in [2.24, 2.45) is 0 Å². The van der Waals surface area contributed by atoms with Crippen molar-refractivity contribution < 1.29 is 49.1 Å². The summed E-state index contributed by atoms with van der Waals surface area (Å²) in [6.07, 6.45) is -1.97. The second-order valence-electron chi connectivity index (χ2n) is 12.9. The number of carbonyl (C=O) groups is 1. The molecule has 0 unspecified atom stereocenters. The first-order valence-electron chi connectivity index (χ1n) is 16.9. The number of carbonyl (C=O) groups excluding carboxylic acids is 1. The van der Waals surface area contributed by atoms with Gasteiger partial charge in [-0.15, -0.1) is 13.2 Å². The van der Waals surface area contributed by atoms with E-state index in [1.54, 1.807) is 54.6 Å². The third-order valence-corrected chi connectivity index (χ3v) is 10.8. The van der Waals surface area contributed by atoms with E-state index in [4.69, 9.17) is 13.6 Å². The fourth-order valence-electron chi connectivity index (χ4n) is 6.59. The molecule has 1 amide bonds. The van der Waals surface area contributed by atoms with Gasteiger partial charge in [0.2, 0.25) is 5.09 Å². The zero-order valence-corrected chi connectivity index (χ0v) is 29.4. The maximum Gasteiger partial charge on any atom is 0.573 e. The van der Waals surface area contributed by atoms with Gasteiger partial charge in [-0.05, 0) is 109 Å². The molecule has 0 fully saturated rings. The minimum atomic E-state index is -4.78. The van der Waals surface area contributed by atoms with Crippen molar-refractivity contribution in [1.82, 2.24) is 4.31 Å². The van der Waals surface area contributed by atoms with Gasteiger partial charge in [0, 0.05) is 32.4 Å². The molecule has 0 N–H and O–H groups in total. The van der Waals surface area contributed by atoms with E-state index < -0.39 is 22.2 Å². The van der Waals surface area contributed by atoms with Crippen molar-refractivity contribution in [3.63, 3.8) is 0 Å². The Balaban J connectivity index is 0.927. The predicted molar refractivity (Wildman–Crippen MR) is 186 cm³/mol. The Labute approximate surface area is 303 Å². The van der Waals surface area contributed by atoms with Crippen LogP contribution in [0.15, 0.2) is 98.9 Å². The van der Waals surface area contributed by atoms with Crippen molar-refractivity contribution >= 4 is 27.3 Å². The first-order valence-corrected chi connectivity index (χ1v) is 18.4. The molecular formula is C38H35F4N3O7S. The van der Waals surface area contributed by atoms with Gasteiger partial charge in [-0.1, -0.05) is 18.2 Å². The first-order chi connectivity index (χ1) is 25.3. The number of anilines is 2. The number of benzene rings is 3. The van der Waals surface area contributed by atoms with Gasteiger partial charge < -0.3 is 28.1 Å². The van der Waals surface area contributed by atoms with Gasteiger partial charge in [-0.2, -0.15) is 4.31 Å². The van der Waals surface area contributed by atoms with Crippen molar-refractivity contribution in [2.75, 3.05) is 29.9 Å². The van der Waals surface area contributed by atoms with E-state index in [0.717, 1.165) is 24.1 Å². The lowest BCUT2D eigenvalue weighted by Gasteiger charge is -2.31. The molecule has 2 aliphatic heterocycles. The van der Waals surface area contributed by atoms with Crippen molar-refractivity contribution in [2.45, 2.75) is 56.8 Å². The molecule has 10 nitrogen and oxygen atoms in total. The Bertz CT molecular complexity index is 2220. The van der Waals surface area contributed by atoms with Crippen molar-refractivity contribution in [3.8, 4) is 11.5 Å². The highest BCUT2D eigenvalue weighted by molar-refractivity contribution is 7.88. The van der Waals surface area contributed by atoms with E-state index in [-0.39, 0.29) is 42.2 Å². The van der Waals surface area contributed by atoms with Crippen LogP contribution in [0.3, 0.4) is 0 Å². The number of furan rings is 2. The molecule has 0 bridgehead atoms. The van der Waals surface area contributed by atoms with Crippen LogP contribution < -0.4 is 19.3 Å². The molecule has 0 radical (unpaired) electrons. The summed E-state index contributed by atoms with van der Waals surface area (Å²) in [5.41, 5.74) is 3.59. The van der Waals surface area contributed by atoms with E-state index in [1.807, 2.05) is 4.90 Å². The van der Waals surface area contributed by atoms with Crippen LogP contribution in [-0.2, 0) is 42.6 Å². The molecule has 53 heavy (non-hydrogen) atoms. The summed E-state index contributed by atoms with van der Waals surface area (Å²) in [6.45, 7) is 1.41. The zero-order valence-electron chi connectivity index (χ0n) is 28.6. The Morgan fingerprint density at radius 1 is 0.830 bits per heavy atom. The van der Waals surface area contributed by atoms with Crippen LogP contribution >= 0.6 is 0 Å². The summed E-state index contributed by atoms with van der Waals surface area (Å²) in [4.78, 5) is 16.7. The van der Waals surface area contributed by atoms with E-state index in [0.29, 0.717) is 60.0 Å². The van der Waals surface area contributed by atoms with Gasteiger partial charge in [-0.3, -0.25) is 4.79 Å². The van der Waals surface area contributed by atoms with Crippen LogP contribution in [0.2, 0.25) is 0 Å². The molecule has 2 aromatic heterocycles. The Morgan fingerprint density at radius 3 is 2.36 bits per heavy atom. The van der Waals surface area contributed by atoms with Gasteiger partial charge in [0.25, 0.3) is 15.9 Å². The number of alkyl halides is 3. The maximum absolute atomic E-state index is 13.9. The highest BCUT2D eigenvalue weighted by atomic mass is 32.2. The number of aryl methyl sites for hydroxylation is 2. The topological polar surface area (TPSA) is 106 Å². The molecule has 0 saturated carbocycles. The number of rotatable bonds is 11. The largest absolute Gasteiger partial charge is 0.573 e. The minimum absolute atomic E-state index is 0.0451. The quantitative estimate of drug-likeness (QED) is 0.126. The summed E-state index contributed by atoms with van der Waals surface area (Å²) in [7, 11) is -2.55. The average Bonchev–Trinajstić information content (AvgIpc) is 3.81. The molecule has 3 aromatic carbocycles. The number of halogens is 4. The van der Waals surface area contributed by atoms with E-state index in [9.17, 15) is 30.8 Å². The maximum atomic E-state index is 13.9. The molecule has 0 atom stereocenters. The third-order valence-electron chi connectivity index (χ3n) is 9.14. The van der Waals surface area contributed by atoms with Gasteiger partial charge in [0.1, 0.15) is 35.4 Å². The normalized spacial score (nSPS) is 14.6. The fraction of sp³-hybridized carbons (Fsp3) is 0.289. The van der Waals surface area contributed by atoms with Crippen molar-refractivity contribution in [3.05, 3.63) is 125 Å². The van der Waals surface area contributed by atoms with Crippen LogP contribution in [-0.4, -0.2) is 45.1 Å². The smallest absolute Gasteiger partial charge is 0.486 e. The second-order valence-corrected chi connectivity index (χ2v) is 14.9. The molecule has 15 heteroatoms. The molecule has 0 saturated heterocycles. The lowest BCUT2D eigenvalue weighted by molar-refractivity contribution is -0.274. The summed E-state index contributed by atoms with van der Waals surface area (Å²) in [6, 6.07) is 21.7. The monoisotopic (exact) mass is 753 g/mol. The Morgan fingerprint density at radius 2 is 1.57 bits per heavy atom. The lowest BCUT2D eigenvalue weighted by atomic mass is 10.0. The Kier molecular flexibility index (Phi) is 9.96. The van der Waals surface area contributed by atoms with E-state index in [1.165, 1.54) is 46.6 Å². The number of hydrogen-bond donors (Lipinski definition) is 0. The summed E-state index contributed by atoms with van der Waals surface area (Å²) in [5, 5.41) is -0.228. The SMILES string of the molecule is CN(Cc1ccc(OCc2ccc(C(=O)N3CCCc4ccc(F)cc43)o2)cc1)S(=O)(=O)c1ccc(CN2CCCc3cc(OC(F)(F)F)ccc32)o1. The standard InChI is InChI=1S/C38H35F4N3O7S/c1-43(53(47,48)36-17-14-31(51-36)23-44-18-2-5-27-20-30(12-15-33(27)44)52-38(40,41)42)22-25-6-10-29(11-7-25)49-24-32-13-16-35(50-32)37(46)45-19-3-4-26-8-9-28(39)21-34(26)45/h6-17,20-21H,2-5,18-19,22-24H2,1H3. The number of fused-ring (bicyclic) bond motifs is 2. The molecule has 5 aromatic rings. The lowest BCUT2D eigenvalue weighted by Crippen LogP contribution is -2.35. The fourth-order valence-corrected chi connectivity index (χ4v) is 7.66. The summed E-state index contributed by atoms with van der Waals surface area (Å²) >= 11 is 0. The Hall–Kier alpha value is -5.28. The van der Waals surface area contributed by atoms with E-state index >= 15 is 0 Å². The molecule has 0 spiro atoms. The van der Waals surface area contributed by atoms with Crippen molar-refractivity contribution in [1.29, 1.82) is 0 Å². The molecular weight excluding hydrogens is 718 g/mol. The number of hydrogen-bond acceptors (Lipinski definition) is 8. The second kappa shape index (κ2) is 14.6. The number of nitrogens with zero attached hydrogens (tertiary/aromatic N) is 3. The number of sulfonamides is 1. The molecule has 4 heterocycles. The molecule has 7 rings (SSSR count). The van der Waals surface area contributed by atoms with Gasteiger partial charge in [-0.25, -0.2) is 12.8 Å². The summed E-state index contributed by atoms with van der Waals surface area (Å²) in [5.74, 6) is 0.388.